The summed E-state index contributed by atoms with van der Waals surface area (Å²) in [6, 6.07) is 17.2. The fourth-order valence-corrected chi connectivity index (χ4v) is 3.61. The molecule has 1 fully saturated rings. The summed E-state index contributed by atoms with van der Waals surface area (Å²) in [6.07, 6.45) is 1.78. The standard InChI is InChI=1S/C20H19N3O2/c24-18-13-23(11-10-21-18)19(14-6-2-1-3-7-14)20(25)16-12-22-17-9-5-4-8-15(16)17/h1-9,12,19,22H,10-11,13H2,(H,21,24)/p+1/t19-/m1/s1. The minimum atomic E-state index is -0.383. The Morgan fingerprint density at radius 3 is 2.60 bits per heavy atom. The molecule has 25 heavy (non-hydrogen) atoms. The van der Waals surface area contributed by atoms with Gasteiger partial charge in [0.15, 0.2) is 12.6 Å². The van der Waals surface area contributed by atoms with Crippen LogP contribution in [0.2, 0.25) is 0 Å². The molecule has 126 valence electrons. The Balaban J connectivity index is 1.77. The molecule has 0 aliphatic carbocycles. The number of piperazine rings is 1. The number of nitrogens with one attached hydrogen (secondary N) is 3. The third kappa shape index (κ3) is 2.94. The third-order valence-electron chi connectivity index (χ3n) is 4.81. The Kier molecular flexibility index (Phi) is 4.07. The Hall–Kier alpha value is -2.92. The molecule has 0 bridgehead atoms. The van der Waals surface area contributed by atoms with Gasteiger partial charge in [-0.25, -0.2) is 0 Å². The van der Waals surface area contributed by atoms with Crippen molar-refractivity contribution >= 4 is 22.6 Å². The van der Waals surface area contributed by atoms with E-state index in [0.717, 1.165) is 27.9 Å². The van der Waals surface area contributed by atoms with E-state index in [1.165, 1.54) is 0 Å². The summed E-state index contributed by atoms with van der Waals surface area (Å²) in [6.45, 7) is 1.64. The van der Waals surface area contributed by atoms with Crippen molar-refractivity contribution in [3.05, 3.63) is 71.9 Å². The lowest BCUT2D eigenvalue weighted by Crippen LogP contribution is -3.16. The van der Waals surface area contributed by atoms with Gasteiger partial charge in [0.05, 0.1) is 13.1 Å². The van der Waals surface area contributed by atoms with Gasteiger partial charge in [0.2, 0.25) is 5.78 Å². The van der Waals surface area contributed by atoms with E-state index < -0.39 is 0 Å². The number of quaternary nitrogens is 1. The van der Waals surface area contributed by atoms with Crippen molar-refractivity contribution in [1.29, 1.82) is 0 Å². The van der Waals surface area contributed by atoms with Gasteiger partial charge < -0.3 is 15.2 Å². The average molecular weight is 334 g/mol. The Bertz CT molecular complexity index is 917. The van der Waals surface area contributed by atoms with E-state index >= 15 is 0 Å². The van der Waals surface area contributed by atoms with Gasteiger partial charge in [-0.05, 0) is 6.07 Å². The van der Waals surface area contributed by atoms with Crippen LogP contribution in [0.15, 0.2) is 60.8 Å². The SMILES string of the molecule is O=C1C[NH+]([C@@H](C(=O)c2c[nH]c3ccccc23)c2ccccc2)CCN1. The van der Waals surface area contributed by atoms with E-state index in [1.54, 1.807) is 6.20 Å². The fourth-order valence-electron chi connectivity index (χ4n) is 3.61. The minimum absolute atomic E-state index is 0.00564. The zero-order valence-corrected chi connectivity index (χ0v) is 13.8. The lowest BCUT2D eigenvalue weighted by molar-refractivity contribution is -0.915. The predicted molar refractivity (Wildman–Crippen MR) is 95.5 cm³/mol. The molecule has 5 nitrogen and oxygen atoms in total. The Morgan fingerprint density at radius 2 is 1.80 bits per heavy atom. The highest BCUT2D eigenvalue weighted by Crippen LogP contribution is 2.23. The van der Waals surface area contributed by atoms with Crippen LogP contribution in [0.1, 0.15) is 22.0 Å². The van der Waals surface area contributed by atoms with Gasteiger partial charge in [0.25, 0.3) is 5.91 Å². The first kappa shape index (κ1) is 15.6. The van der Waals surface area contributed by atoms with E-state index in [9.17, 15) is 9.59 Å². The van der Waals surface area contributed by atoms with Crippen molar-refractivity contribution in [3.8, 4) is 0 Å². The van der Waals surface area contributed by atoms with Gasteiger partial charge in [-0.1, -0.05) is 48.5 Å². The summed E-state index contributed by atoms with van der Waals surface area (Å²) < 4.78 is 0. The number of benzene rings is 2. The van der Waals surface area contributed by atoms with Crippen molar-refractivity contribution in [1.82, 2.24) is 10.3 Å². The van der Waals surface area contributed by atoms with Crippen LogP contribution in [0.25, 0.3) is 10.9 Å². The first-order valence-electron chi connectivity index (χ1n) is 8.50. The molecule has 0 saturated carbocycles. The van der Waals surface area contributed by atoms with E-state index in [1.807, 2.05) is 54.6 Å². The van der Waals surface area contributed by atoms with Crippen LogP contribution >= 0.6 is 0 Å². The number of Topliss-reactive ketones (excluding diaryl/α,β-unsaturated/α-hetero) is 1. The molecule has 2 aromatic carbocycles. The van der Waals surface area contributed by atoms with Gasteiger partial charge in [-0.3, -0.25) is 9.59 Å². The second-order valence-corrected chi connectivity index (χ2v) is 6.39. The number of fused-ring (bicyclic) bond motifs is 1. The lowest BCUT2D eigenvalue weighted by atomic mass is 9.95. The van der Waals surface area contributed by atoms with Crippen LogP contribution in [0.4, 0.5) is 0 Å². The summed E-state index contributed by atoms with van der Waals surface area (Å²) in [5.74, 6) is 0.0438. The quantitative estimate of drug-likeness (QED) is 0.626. The molecule has 1 unspecified atom stereocenters. The van der Waals surface area contributed by atoms with Crippen LogP contribution in [-0.2, 0) is 4.79 Å². The summed E-state index contributed by atoms with van der Waals surface area (Å²) in [7, 11) is 0. The molecule has 3 aromatic rings. The average Bonchev–Trinajstić information content (AvgIpc) is 3.07. The van der Waals surface area contributed by atoms with Gasteiger partial charge >= 0.3 is 0 Å². The van der Waals surface area contributed by atoms with Crippen LogP contribution in [0, 0.1) is 0 Å². The molecule has 0 radical (unpaired) electrons. The molecule has 0 spiro atoms. The number of amides is 1. The van der Waals surface area contributed by atoms with Crippen LogP contribution in [0.3, 0.4) is 0 Å². The zero-order chi connectivity index (χ0) is 17.2. The van der Waals surface area contributed by atoms with E-state index in [0.29, 0.717) is 18.7 Å². The number of H-pyrrole nitrogens is 1. The van der Waals surface area contributed by atoms with E-state index in [2.05, 4.69) is 10.3 Å². The molecule has 4 rings (SSSR count). The second kappa shape index (κ2) is 6.53. The molecule has 1 amide bonds. The Labute approximate surface area is 145 Å². The highest BCUT2D eigenvalue weighted by molar-refractivity contribution is 6.10. The second-order valence-electron chi connectivity index (χ2n) is 6.39. The first-order valence-corrected chi connectivity index (χ1v) is 8.50. The van der Waals surface area contributed by atoms with Crippen molar-refractivity contribution in [2.24, 2.45) is 0 Å². The molecule has 2 heterocycles. The number of rotatable bonds is 4. The van der Waals surface area contributed by atoms with Crippen molar-refractivity contribution in [2.75, 3.05) is 19.6 Å². The van der Waals surface area contributed by atoms with E-state index in [4.69, 9.17) is 0 Å². The van der Waals surface area contributed by atoms with Gasteiger partial charge in [-0.2, -0.15) is 0 Å². The van der Waals surface area contributed by atoms with Crippen LogP contribution < -0.4 is 10.2 Å². The number of carbonyl (C=O) groups is 2. The molecule has 1 aliphatic heterocycles. The molecule has 2 atom stereocenters. The largest absolute Gasteiger partial charge is 0.360 e. The van der Waals surface area contributed by atoms with Gasteiger partial charge in [0.1, 0.15) is 0 Å². The molecule has 1 saturated heterocycles. The smallest absolute Gasteiger partial charge is 0.275 e. The minimum Gasteiger partial charge on any atom is -0.360 e. The molecular formula is C20H20N3O2+. The number of carbonyl (C=O) groups excluding carboxylic acids is 2. The summed E-state index contributed by atoms with van der Waals surface area (Å²) in [5.41, 5.74) is 2.58. The Morgan fingerprint density at radius 1 is 1.04 bits per heavy atom. The van der Waals surface area contributed by atoms with Crippen LogP contribution in [0.5, 0.6) is 0 Å². The van der Waals surface area contributed by atoms with Crippen LogP contribution in [-0.4, -0.2) is 36.3 Å². The lowest BCUT2D eigenvalue weighted by Gasteiger charge is -2.30. The topological polar surface area (TPSA) is 66.4 Å². The monoisotopic (exact) mass is 334 g/mol. The summed E-state index contributed by atoms with van der Waals surface area (Å²) in [5, 5.41) is 3.77. The van der Waals surface area contributed by atoms with E-state index in [-0.39, 0.29) is 17.7 Å². The maximum Gasteiger partial charge on any atom is 0.275 e. The molecule has 1 aliphatic rings. The summed E-state index contributed by atoms with van der Waals surface area (Å²) >= 11 is 0. The number of aromatic amines is 1. The number of ketones is 1. The number of aromatic nitrogens is 1. The molecular weight excluding hydrogens is 314 g/mol. The summed E-state index contributed by atoms with van der Waals surface area (Å²) in [4.78, 5) is 29.5. The van der Waals surface area contributed by atoms with Crippen molar-refractivity contribution in [2.45, 2.75) is 6.04 Å². The van der Waals surface area contributed by atoms with Crippen molar-refractivity contribution in [3.63, 3.8) is 0 Å². The van der Waals surface area contributed by atoms with Gasteiger partial charge in [-0.15, -0.1) is 0 Å². The fraction of sp³-hybridized carbons (Fsp3) is 0.200. The maximum absolute atomic E-state index is 13.5. The molecule has 5 heteroatoms. The zero-order valence-electron chi connectivity index (χ0n) is 13.8. The highest BCUT2D eigenvalue weighted by atomic mass is 16.2. The van der Waals surface area contributed by atoms with Crippen molar-refractivity contribution < 1.29 is 14.5 Å². The highest BCUT2D eigenvalue weighted by Gasteiger charge is 2.36. The van der Waals surface area contributed by atoms with Gasteiger partial charge in [0, 0.05) is 28.2 Å². The molecule has 3 N–H and O–H groups in total. The number of para-hydroxylation sites is 1. The first-order chi connectivity index (χ1) is 12.2. The number of hydrogen-bond donors (Lipinski definition) is 3. The molecule has 1 aromatic heterocycles. The number of hydrogen-bond acceptors (Lipinski definition) is 2. The predicted octanol–water partition coefficient (Wildman–Crippen LogP) is 1.11. The third-order valence-corrected chi connectivity index (χ3v) is 4.81. The maximum atomic E-state index is 13.5. The normalized spacial score (nSPS) is 18.7.